The van der Waals surface area contributed by atoms with Gasteiger partial charge in [0.25, 0.3) is 0 Å². The number of nitrogens with one attached hydrogen (secondary N) is 1. The highest BCUT2D eigenvalue weighted by atomic mass is 32.2. The zero-order valence-corrected chi connectivity index (χ0v) is 13.6. The van der Waals surface area contributed by atoms with Crippen LogP contribution in [0.2, 0.25) is 0 Å². The number of hydrogen-bond acceptors (Lipinski definition) is 4. The van der Waals surface area contributed by atoms with Crippen molar-refractivity contribution in [3.63, 3.8) is 0 Å². The molecule has 0 spiro atoms. The fourth-order valence-corrected chi connectivity index (χ4v) is 3.58. The van der Waals surface area contributed by atoms with Crippen LogP contribution in [-0.4, -0.2) is 43.5 Å². The first-order valence-electron chi connectivity index (χ1n) is 7.57. The molecule has 6 nitrogen and oxygen atoms in total. The molecule has 1 amide bonds. The maximum atomic E-state index is 11.9. The number of aliphatic carboxylic acids is 1. The second-order valence-corrected chi connectivity index (χ2v) is 8.23. The van der Waals surface area contributed by atoms with Crippen molar-refractivity contribution in [2.24, 2.45) is 5.41 Å². The predicted octanol–water partition coefficient (Wildman–Crippen LogP) is 1.01. The van der Waals surface area contributed by atoms with E-state index >= 15 is 0 Å². The number of hydrogen-bond donors (Lipinski definition) is 2. The van der Waals surface area contributed by atoms with Crippen LogP contribution < -0.4 is 5.32 Å². The first kappa shape index (κ1) is 17.5. The number of sulfone groups is 1. The minimum absolute atomic E-state index is 0.000696. The first-order valence-corrected chi connectivity index (χ1v) is 9.40. The van der Waals surface area contributed by atoms with Gasteiger partial charge in [0, 0.05) is 6.54 Å². The van der Waals surface area contributed by atoms with E-state index < -0.39 is 32.9 Å². The summed E-state index contributed by atoms with van der Waals surface area (Å²) in [4.78, 5) is 22.7. The van der Waals surface area contributed by atoms with Gasteiger partial charge in [-0.3, -0.25) is 9.59 Å². The molecule has 0 heterocycles. The van der Waals surface area contributed by atoms with Crippen LogP contribution in [0.15, 0.2) is 30.3 Å². The molecule has 0 bridgehead atoms. The van der Waals surface area contributed by atoms with Crippen molar-refractivity contribution in [2.75, 3.05) is 18.1 Å². The zero-order valence-electron chi connectivity index (χ0n) is 12.8. The molecule has 7 heteroatoms. The minimum atomic E-state index is -3.48. The SMILES string of the molecule is O=C(CS(=O)(=O)CCCc1ccccc1)NCC1(C(=O)O)CC1. The number of carbonyl (C=O) groups excluding carboxylic acids is 1. The van der Waals surface area contributed by atoms with Gasteiger partial charge in [0.1, 0.15) is 5.75 Å². The van der Waals surface area contributed by atoms with Gasteiger partial charge in [-0.1, -0.05) is 30.3 Å². The molecule has 2 rings (SSSR count). The number of amides is 1. The van der Waals surface area contributed by atoms with E-state index in [0.29, 0.717) is 25.7 Å². The van der Waals surface area contributed by atoms with E-state index in [2.05, 4.69) is 5.32 Å². The van der Waals surface area contributed by atoms with Crippen LogP contribution in [0.4, 0.5) is 0 Å². The summed E-state index contributed by atoms with van der Waals surface area (Å²) < 4.78 is 23.9. The maximum absolute atomic E-state index is 11.9. The molecule has 0 aromatic heterocycles. The lowest BCUT2D eigenvalue weighted by molar-refractivity contribution is -0.143. The van der Waals surface area contributed by atoms with Crippen LogP contribution in [0, 0.1) is 5.41 Å². The molecule has 1 aliphatic rings. The number of aryl methyl sites for hydroxylation is 1. The summed E-state index contributed by atoms with van der Waals surface area (Å²) in [5.41, 5.74) is 0.177. The predicted molar refractivity (Wildman–Crippen MR) is 85.7 cm³/mol. The van der Waals surface area contributed by atoms with E-state index in [1.165, 1.54) is 0 Å². The second-order valence-electron chi connectivity index (χ2n) is 6.04. The van der Waals surface area contributed by atoms with Crippen molar-refractivity contribution in [3.05, 3.63) is 35.9 Å². The molecule has 126 valence electrons. The Hall–Kier alpha value is -1.89. The molecule has 0 radical (unpaired) electrons. The lowest BCUT2D eigenvalue weighted by atomic mass is 10.1. The molecule has 1 aromatic carbocycles. The maximum Gasteiger partial charge on any atom is 0.311 e. The van der Waals surface area contributed by atoms with Crippen LogP contribution in [0.25, 0.3) is 0 Å². The molecule has 0 unspecified atom stereocenters. The number of carboxylic acid groups (broad SMARTS) is 1. The van der Waals surface area contributed by atoms with Crippen molar-refractivity contribution < 1.29 is 23.1 Å². The highest BCUT2D eigenvalue weighted by molar-refractivity contribution is 7.92. The van der Waals surface area contributed by atoms with E-state index in [9.17, 15) is 18.0 Å². The van der Waals surface area contributed by atoms with Crippen LogP contribution in [-0.2, 0) is 25.8 Å². The van der Waals surface area contributed by atoms with Gasteiger partial charge in [-0.25, -0.2) is 8.42 Å². The van der Waals surface area contributed by atoms with Crippen molar-refractivity contribution >= 4 is 21.7 Å². The molecule has 23 heavy (non-hydrogen) atoms. The molecule has 2 N–H and O–H groups in total. The van der Waals surface area contributed by atoms with E-state index in [0.717, 1.165) is 5.56 Å². The van der Waals surface area contributed by atoms with Gasteiger partial charge in [0.15, 0.2) is 9.84 Å². The molecule has 0 aliphatic heterocycles. The molecule has 0 atom stereocenters. The quantitative estimate of drug-likeness (QED) is 0.699. The van der Waals surface area contributed by atoms with Crippen LogP contribution in [0.1, 0.15) is 24.8 Å². The Morgan fingerprint density at radius 3 is 2.39 bits per heavy atom. The third kappa shape index (κ3) is 5.35. The van der Waals surface area contributed by atoms with E-state index in [1.54, 1.807) is 0 Å². The summed E-state index contributed by atoms with van der Waals surface area (Å²) in [6.07, 6.45) is 2.14. The van der Waals surface area contributed by atoms with E-state index in [1.807, 2.05) is 30.3 Å². The Bertz CT molecular complexity index is 665. The highest BCUT2D eigenvalue weighted by Gasteiger charge is 2.50. The van der Waals surface area contributed by atoms with Gasteiger partial charge >= 0.3 is 5.97 Å². The highest BCUT2D eigenvalue weighted by Crippen LogP contribution is 2.45. The van der Waals surface area contributed by atoms with Gasteiger partial charge in [-0.15, -0.1) is 0 Å². The normalized spacial score (nSPS) is 15.8. The standard InChI is InChI=1S/C16H21NO5S/c18-14(17-12-16(8-9-16)15(19)20)11-23(21,22)10-4-7-13-5-2-1-3-6-13/h1-3,5-6H,4,7-12H2,(H,17,18)(H,19,20). The van der Waals surface area contributed by atoms with Gasteiger partial charge < -0.3 is 10.4 Å². The summed E-state index contributed by atoms with van der Waals surface area (Å²) in [6.45, 7) is 0.000696. The number of carbonyl (C=O) groups is 2. The van der Waals surface area contributed by atoms with Gasteiger partial charge in [0.2, 0.25) is 5.91 Å². The Morgan fingerprint density at radius 1 is 1.17 bits per heavy atom. The fraction of sp³-hybridized carbons (Fsp3) is 0.500. The van der Waals surface area contributed by atoms with E-state index in [4.69, 9.17) is 5.11 Å². The molecular formula is C16H21NO5S. The van der Waals surface area contributed by atoms with Crippen LogP contribution in [0.5, 0.6) is 0 Å². The largest absolute Gasteiger partial charge is 0.481 e. The summed E-state index contributed by atoms with van der Waals surface area (Å²) in [5, 5.41) is 11.4. The van der Waals surface area contributed by atoms with Crippen molar-refractivity contribution in [2.45, 2.75) is 25.7 Å². The van der Waals surface area contributed by atoms with Gasteiger partial charge in [0.05, 0.1) is 11.2 Å². The fourth-order valence-electron chi connectivity index (χ4n) is 2.35. The number of carboxylic acids is 1. The number of benzene rings is 1. The second kappa shape index (κ2) is 7.12. The summed E-state index contributed by atoms with van der Waals surface area (Å²) in [7, 11) is -3.48. The summed E-state index contributed by atoms with van der Waals surface area (Å²) >= 11 is 0. The first-order chi connectivity index (χ1) is 10.8. The average molecular weight is 339 g/mol. The molecule has 1 aromatic rings. The Kier molecular flexibility index (Phi) is 5.41. The van der Waals surface area contributed by atoms with Crippen molar-refractivity contribution in [1.82, 2.24) is 5.32 Å². The van der Waals surface area contributed by atoms with Gasteiger partial charge in [-0.2, -0.15) is 0 Å². The number of rotatable bonds is 9. The lowest BCUT2D eigenvalue weighted by Gasteiger charge is -2.11. The molecular weight excluding hydrogens is 318 g/mol. The molecule has 1 aliphatic carbocycles. The monoisotopic (exact) mass is 339 g/mol. The zero-order chi connectivity index (χ0) is 16.9. The molecule has 0 saturated heterocycles. The summed E-state index contributed by atoms with van der Waals surface area (Å²) in [5.74, 6) is -2.21. The third-order valence-electron chi connectivity index (χ3n) is 4.05. The van der Waals surface area contributed by atoms with Crippen LogP contribution in [0.3, 0.4) is 0 Å². The van der Waals surface area contributed by atoms with Crippen molar-refractivity contribution in [3.8, 4) is 0 Å². The molecule has 1 fully saturated rings. The van der Waals surface area contributed by atoms with Crippen LogP contribution >= 0.6 is 0 Å². The van der Waals surface area contributed by atoms with E-state index in [-0.39, 0.29) is 12.3 Å². The lowest BCUT2D eigenvalue weighted by Crippen LogP contribution is -2.37. The summed E-state index contributed by atoms with van der Waals surface area (Å²) in [6, 6.07) is 9.55. The topological polar surface area (TPSA) is 101 Å². The average Bonchev–Trinajstić information content (AvgIpc) is 3.27. The Morgan fingerprint density at radius 2 is 1.83 bits per heavy atom. The van der Waals surface area contributed by atoms with Crippen molar-refractivity contribution in [1.29, 1.82) is 0 Å². The Balaban J connectivity index is 1.72. The van der Waals surface area contributed by atoms with Gasteiger partial charge in [-0.05, 0) is 31.2 Å². The third-order valence-corrected chi connectivity index (χ3v) is 5.66. The Labute approximate surface area is 135 Å². The smallest absolute Gasteiger partial charge is 0.311 e. The molecule has 1 saturated carbocycles. The minimum Gasteiger partial charge on any atom is -0.481 e.